The molecule has 0 radical (unpaired) electrons. The third-order valence-electron chi connectivity index (χ3n) is 6.11. The summed E-state index contributed by atoms with van der Waals surface area (Å²) in [6, 6.07) is 13.4. The zero-order valence-electron chi connectivity index (χ0n) is 22.4. The van der Waals surface area contributed by atoms with Crippen LogP contribution in [-0.2, 0) is 6.42 Å². The largest absolute Gasteiger partial charge is 0.351 e. The van der Waals surface area contributed by atoms with Crippen LogP contribution in [0, 0.1) is 0 Å². The first-order chi connectivity index (χ1) is 17.6. The third-order valence-corrected chi connectivity index (χ3v) is 7.83. The van der Waals surface area contributed by atoms with Crippen molar-refractivity contribution in [2.75, 3.05) is 29.6 Å². The number of hydrogen-bond acceptors (Lipinski definition) is 4. The maximum Gasteiger partial charge on any atom is 0.255 e. The Balaban J connectivity index is 1.87. The summed E-state index contributed by atoms with van der Waals surface area (Å²) in [4.78, 5) is 26.7. The number of nitrogens with one attached hydrogen (secondary N) is 2. The van der Waals surface area contributed by atoms with E-state index in [1.807, 2.05) is 54.4 Å². The van der Waals surface area contributed by atoms with Crippen LogP contribution in [0.3, 0.4) is 0 Å². The molecule has 0 unspecified atom stereocenters. The second-order valence-electron chi connectivity index (χ2n) is 9.17. The van der Waals surface area contributed by atoms with Crippen molar-refractivity contribution in [3.05, 3.63) is 59.2 Å². The monoisotopic (exact) mass is 528 g/mol. The van der Waals surface area contributed by atoms with Gasteiger partial charge in [-0.05, 0) is 66.8 Å². The van der Waals surface area contributed by atoms with Crippen LogP contribution >= 0.6 is 23.5 Å². The van der Waals surface area contributed by atoms with Crippen LogP contribution < -0.4 is 10.6 Å². The molecule has 0 saturated heterocycles. The van der Waals surface area contributed by atoms with Gasteiger partial charge in [-0.25, -0.2) is 0 Å². The van der Waals surface area contributed by atoms with E-state index in [2.05, 4.69) is 24.5 Å². The van der Waals surface area contributed by atoms with Gasteiger partial charge in [0.15, 0.2) is 0 Å². The number of unbranched alkanes of at least 4 members (excludes halogenated alkanes) is 7. The van der Waals surface area contributed by atoms with E-state index in [0.717, 1.165) is 29.9 Å². The zero-order valence-corrected chi connectivity index (χ0v) is 24.0. The lowest BCUT2D eigenvalue weighted by Gasteiger charge is -2.13. The van der Waals surface area contributed by atoms with Gasteiger partial charge in [0.25, 0.3) is 11.8 Å². The standard InChI is InChI=1S/C30H44N2O2S2/c1-4-6-7-8-9-10-11-12-21-36-27-18-16-25(17-19-27)30(34)32-28-23-26(15-14-24(28)13-5-2)29(33)31-20-22-35-3/h14-19,23H,4-13,20-22H2,1-3H3,(H,31,33)(H,32,34). The Morgan fingerprint density at radius 1 is 0.750 bits per heavy atom. The number of carbonyl (C=O) groups excluding carboxylic acids is 2. The minimum atomic E-state index is -0.146. The molecule has 2 amide bonds. The van der Waals surface area contributed by atoms with E-state index >= 15 is 0 Å². The van der Waals surface area contributed by atoms with Gasteiger partial charge >= 0.3 is 0 Å². The SMILES string of the molecule is CCCCCCCCCCSc1ccc(C(=O)Nc2cc(C(=O)NCCSC)ccc2CCC)cc1. The van der Waals surface area contributed by atoms with Crippen LogP contribution in [0.4, 0.5) is 5.69 Å². The smallest absolute Gasteiger partial charge is 0.255 e. The molecule has 198 valence electrons. The van der Waals surface area contributed by atoms with Crippen LogP contribution in [0.25, 0.3) is 0 Å². The van der Waals surface area contributed by atoms with E-state index in [1.165, 1.54) is 56.3 Å². The highest BCUT2D eigenvalue weighted by Crippen LogP contribution is 2.23. The van der Waals surface area contributed by atoms with Crippen molar-refractivity contribution in [2.45, 2.75) is 83.0 Å². The molecule has 0 spiro atoms. The van der Waals surface area contributed by atoms with E-state index in [9.17, 15) is 9.59 Å². The summed E-state index contributed by atoms with van der Waals surface area (Å²) in [5, 5.41) is 5.98. The molecule has 6 heteroatoms. The van der Waals surface area contributed by atoms with E-state index in [0.29, 0.717) is 23.4 Å². The van der Waals surface area contributed by atoms with Gasteiger partial charge in [-0.15, -0.1) is 11.8 Å². The molecule has 0 aliphatic carbocycles. The van der Waals surface area contributed by atoms with Crippen LogP contribution in [0.15, 0.2) is 47.4 Å². The molecule has 0 aromatic heterocycles. The Morgan fingerprint density at radius 2 is 1.42 bits per heavy atom. The van der Waals surface area contributed by atoms with Gasteiger partial charge in [-0.1, -0.05) is 71.3 Å². The van der Waals surface area contributed by atoms with E-state index in [4.69, 9.17) is 0 Å². The molecule has 2 N–H and O–H groups in total. The van der Waals surface area contributed by atoms with Crippen molar-refractivity contribution in [1.82, 2.24) is 5.32 Å². The number of amides is 2. The predicted octanol–water partition coefficient (Wildman–Crippen LogP) is 8.22. The highest BCUT2D eigenvalue weighted by molar-refractivity contribution is 7.99. The van der Waals surface area contributed by atoms with Crippen LogP contribution in [0.5, 0.6) is 0 Å². The molecule has 0 aliphatic heterocycles. The molecule has 0 aliphatic rings. The van der Waals surface area contributed by atoms with Gasteiger partial charge in [-0.3, -0.25) is 9.59 Å². The summed E-state index contributed by atoms with van der Waals surface area (Å²) in [5.41, 5.74) is 2.96. The first kappa shape index (κ1) is 30.3. The first-order valence-electron chi connectivity index (χ1n) is 13.5. The molecule has 0 atom stereocenters. The minimum absolute atomic E-state index is 0.111. The minimum Gasteiger partial charge on any atom is -0.351 e. The molecule has 36 heavy (non-hydrogen) atoms. The number of carbonyl (C=O) groups is 2. The number of rotatable bonds is 18. The molecular weight excluding hydrogens is 484 g/mol. The second-order valence-corrected chi connectivity index (χ2v) is 11.3. The molecule has 2 aromatic rings. The van der Waals surface area contributed by atoms with Crippen molar-refractivity contribution in [3.8, 4) is 0 Å². The topological polar surface area (TPSA) is 58.2 Å². The molecule has 2 rings (SSSR count). The van der Waals surface area contributed by atoms with Gasteiger partial charge in [0.1, 0.15) is 0 Å². The summed E-state index contributed by atoms with van der Waals surface area (Å²) >= 11 is 3.56. The lowest BCUT2D eigenvalue weighted by atomic mass is 10.0. The highest BCUT2D eigenvalue weighted by atomic mass is 32.2. The maximum atomic E-state index is 13.0. The van der Waals surface area contributed by atoms with Crippen molar-refractivity contribution < 1.29 is 9.59 Å². The maximum absolute atomic E-state index is 13.0. The number of hydrogen-bond donors (Lipinski definition) is 2. The summed E-state index contributed by atoms with van der Waals surface area (Å²) < 4.78 is 0. The summed E-state index contributed by atoms with van der Waals surface area (Å²) in [5.74, 6) is 1.73. The fourth-order valence-corrected chi connectivity index (χ4v) is 5.23. The Labute approximate surface area is 227 Å². The number of benzene rings is 2. The van der Waals surface area contributed by atoms with Crippen molar-refractivity contribution in [2.24, 2.45) is 0 Å². The number of anilines is 1. The predicted molar refractivity (Wildman–Crippen MR) is 159 cm³/mol. The van der Waals surface area contributed by atoms with Gasteiger partial charge in [0.2, 0.25) is 0 Å². The van der Waals surface area contributed by atoms with Gasteiger partial charge in [-0.2, -0.15) is 11.8 Å². The van der Waals surface area contributed by atoms with Crippen molar-refractivity contribution in [1.29, 1.82) is 0 Å². The lowest BCUT2D eigenvalue weighted by Crippen LogP contribution is -2.26. The van der Waals surface area contributed by atoms with Gasteiger partial charge in [0, 0.05) is 34.0 Å². The number of aryl methyl sites for hydroxylation is 1. The Kier molecular flexibility index (Phi) is 15.4. The van der Waals surface area contributed by atoms with Gasteiger partial charge < -0.3 is 10.6 Å². The van der Waals surface area contributed by atoms with Crippen LogP contribution in [-0.4, -0.2) is 36.1 Å². The average Bonchev–Trinajstić information content (AvgIpc) is 2.89. The fourth-order valence-electron chi connectivity index (χ4n) is 4.01. The van der Waals surface area contributed by atoms with E-state index in [1.54, 1.807) is 17.8 Å². The molecule has 0 saturated carbocycles. The average molecular weight is 529 g/mol. The summed E-state index contributed by atoms with van der Waals surface area (Å²) in [6.07, 6.45) is 14.5. The van der Waals surface area contributed by atoms with Crippen molar-refractivity contribution in [3.63, 3.8) is 0 Å². The summed E-state index contributed by atoms with van der Waals surface area (Å²) in [7, 11) is 0. The Hall–Kier alpha value is -1.92. The van der Waals surface area contributed by atoms with Crippen molar-refractivity contribution >= 4 is 41.0 Å². The van der Waals surface area contributed by atoms with Crippen LogP contribution in [0.2, 0.25) is 0 Å². The van der Waals surface area contributed by atoms with Gasteiger partial charge in [0.05, 0.1) is 0 Å². The van der Waals surface area contributed by atoms with Crippen LogP contribution in [0.1, 0.15) is 97.9 Å². The Bertz CT molecular complexity index is 916. The highest BCUT2D eigenvalue weighted by Gasteiger charge is 2.13. The second kappa shape index (κ2) is 18.3. The number of thioether (sulfide) groups is 2. The zero-order chi connectivity index (χ0) is 26.0. The molecule has 0 bridgehead atoms. The molecular formula is C30H44N2O2S2. The summed E-state index contributed by atoms with van der Waals surface area (Å²) in [6.45, 7) is 5.00. The lowest BCUT2D eigenvalue weighted by molar-refractivity contribution is 0.0954. The quantitative estimate of drug-likeness (QED) is 0.151. The Morgan fingerprint density at radius 3 is 2.08 bits per heavy atom. The normalized spacial score (nSPS) is 10.9. The molecule has 2 aromatic carbocycles. The third kappa shape index (κ3) is 11.4. The molecule has 0 fully saturated rings. The van der Waals surface area contributed by atoms with E-state index in [-0.39, 0.29) is 11.8 Å². The fraction of sp³-hybridized carbons (Fsp3) is 0.533. The molecule has 0 heterocycles. The first-order valence-corrected chi connectivity index (χ1v) is 15.9. The molecule has 4 nitrogen and oxygen atoms in total. The van der Waals surface area contributed by atoms with E-state index < -0.39 is 0 Å².